The molecule has 0 spiro atoms. The summed E-state index contributed by atoms with van der Waals surface area (Å²) in [6, 6.07) is 6.54. The van der Waals surface area contributed by atoms with Crippen molar-refractivity contribution >= 4 is 26.9 Å². The van der Waals surface area contributed by atoms with Gasteiger partial charge < -0.3 is 9.73 Å². The predicted octanol–water partition coefficient (Wildman–Crippen LogP) is 3.78. The van der Waals surface area contributed by atoms with E-state index in [1.165, 1.54) is 5.56 Å². The molecule has 0 saturated heterocycles. The van der Waals surface area contributed by atoms with Crippen LogP contribution in [0, 0.1) is 6.92 Å². The maximum Gasteiger partial charge on any atom is 0.148 e. The Bertz CT molecular complexity index is 490. The van der Waals surface area contributed by atoms with Crippen molar-refractivity contribution in [1.29, 1.82) is 0 Å². The molecule has 0 bridgehead atoms. The van der Waals surface area contributed by atoms with E-state index in [9.17, 15) is 0 Å². The molecule has 1 unspecified atom stereocenters. The number of hydrogen-bond acceptors (Lipinski definition) is 2. The zero-order chi connectivity index (χ0) is 11.0. The lowest BCUT2D eigenvalue weighted by Crippen LogP contribution is -2.10. The topological polar surface area (TPSA) is 25.2 Å². The Morgan fingerprint density at radius 3 is 2.73 bits per heavy atom. The number of aryl methyl sites for hydroxylation is 1. The molecule has 0 aliphatic heterocycles. The summed E-state index contributed by atoms with van der Waals surface area (Å²) in [5.74, 6) is 0.971. The molecule has 0 aliphatic rings. The molecule has 80 valence electrons. The van der Waals surface area contributed by atoms with Gasteiger partial charge in [-0.2, -0.15) is 0 Å². The monoisotopic (exact) mass is 267 g/mol. The van der Waals surface area contributed by atoms with E-state index < -0.39 is 0 Å². The lowest BCUT2D eigenvalue weighted by molar-refractivity contribution is 0.474. The summed E-state index contributed by atoms with van der Waals surface area (Å²) in [6.45, 7) is 4.16. The van der Waals surface area contributed by atoms with Crippen LogP contribution in [0.15, 0.2) is 27.1 Å². The Balaban J connectivity index is 2.60. The molecule has 2 rings (SSSR count). The van der Waals surface area contributed by atoms with Crippen LogP contribution >= 0.6 is 15.9 Å². The number of nitrogens with one attached hydrogen (secondary N) is 1. The first-order chi connectivity index (χ1) is 7.11. The minimum absolute atomic E-state index is 0.240. The molecular formula is C12H14BrNO. The molecule has 0 amide bonds. The molecule has 3 heteroatoms. The summed E-state index contributed by atoms with van der Waals surface area (Å²) >= 11 is 3.52. The average molecular weight is 268 g/mol. The Labute approximate surface area is 97.8 Å². The SMILES string of the molecule is CNC(C)c1cc2cc(C)cc(Br)c2o1. The average Bonchev–Trinajstić information content (AvgIpc) is 2.60. The summed E-state index contributed by atoms with van der Waals surface area (Å²) < 4.78 is 6.82. The number of benzene rings is 1. The molecule has 0 radical (unpaired) electrons. The first kappa shape index (κ1) is 10.7. The van der Waals surface area contributed by atoms with Gasteiger partial charge in [-0.1, -0.05) is 0 Å². The fraction of sp³-hybridized carbons (Fsp3) is 0.333. The number of furan rings is 1. The molecule has 0 aliphatic carbocycles. The number of fused-ring (bicyclic) bond motifs is 1. The second-order valence-corrected chi connectivity index (χ2v) is 4.68. The van der Waals surface area contributed by atoms with Crippen LogP contribution in [0.1, 0.15) is 24.3 Å². The highest BCUT2D eigenvalue weighted by atomic mass is 79.9. The normalized spacial score (nSPS) is 13.3. The van der Waals surface area contributed by atoms with Crippen molar-refractivity contribution in [2.24, 2.45) is 0 Å². The van der Waals surface area contributed by atoms with Crippen LogP contribution in [0.3, 0.4) is 0 Å². The fourth-order valence-electron chi connectivity index (χ4n) is 1.63. The van der Waals surface area contributed by atoms with Crippen LogP contribution in [0.5, 0.6) is 0 Å². The van der Waals surface area contributed by atoms with Crippen LogP contribution in [0.4, 0.5) is 0 Å². The van der Waals surface area contributed by atoms with E-state index in [0.717, 1.165) is 21.2 Å². The third-order valence-corrected chi connectivity index (χ3v) is 3.18. The summed E-state index contributed by atoms with van der Waals surface area (Å²) in [5, 5.41) is 4.32. The van der Waals surface area contributed by atoms with Crippen molar-refractivity contribution in [3.8, 4) is 0 Å². The maximum absolute atomic E-state index is 5.80. The zero-order valence-electron chi connectivity index (χ0n) is 9.10. The molecule has 1 aromatic carbocycles. The molecule has 1 aromatic heterocycles. The maximum atomic E-state index is 5.80. The largest absolute Gasteiger partial charge is 0.458 e. The highest BCUT2D eigenvalue weighted by Crippen LogP contribution is 2.30. The first-order valence-corrected chi connectivity index (χ1v) is 5.78. The minimum Gasteiger partial charge on any atom is -0.458 e. The van der Waals surface area contributed by atoms with E-state index >= 15 is 0 Å². The van der Waals surface area contributed by atoms with E-state index in [1.807, 2.05) is 7.05 Å². The van der Waals surface area contributed by atoms with E-state index in [1.54, 1.807) is 0 Å². The standard InChI is InChI=1S/C12H14BrNO/c1-7-4-9-6-11(8(2)14-3)15-12(9)10(13)5-7/h4-6,8,14H,1-3H3. The molecule has 15 heavy (non-hydrogen) atoms. The molecule has 1 atom stereocenters. The van der Waals surface area contributed by atoms with E-state index in [0.29, 0.717) is 0 Å². The van der Waals surface area contributed by atoms with Crippen molar-refractivity contribution in [3.63, 3.8) is 0 Å². The van der Waals surface area contributed by atoms with E-state index in [4.69, 9.17) is 4.42 Å². The molecule has 2 nitrogen and oxygen atoms in total. The van der Waals surface area contributed by atoms with Gasteiger partial charge in [0.25, 0.3) is 0 Å². The molecule has 1 heterocycles. The van der Waals surface area contributed by atoms with Gasteiger partial charge in [0, 0.05) is 5.39 Å². The van der Waals surface area contributed by atoms with Crippen LogP contribution < -0.4 is 5.32 Å². The second kappa shape index (κ2) is 3.99. The molecule has 2 aromatic rings. The summed E-state index contributed by atoms with van der Waals surface area (Å²) in [7, 11) is 1.93. The van der Waals surface area contributed by atoms with Crippen LogP contribution in [-0.4, -0.2) is 7.05 Å². The van der Waals surface area contributed by atoms with Crippen molar-refractivity contribution in [2.75, 3.05) is 7.05 Å². The lowest BCUT2D eigenvalue weighted by Gasteiger charge is -2.04. The van der Waals surface area contributed by atoms with Crippen LogP contribution in [-0.2, 0) is 0 Å². The minimum atomic E-state index is 0.240. The van der Waals surface area contributed by atoms with Crippen molar-refractivity contribution in [1.82, 2.24) is 5.32 Å². The highest BCUT2D eigenvalue weighted by Gasteiger charge is 2.11. The summed E-state index contributed by atoms with van der Waals surface area (Å²) in [6.07, 6.45) is 0. The van der Waals surface area contributed by atoms with Crippen molar-refractivity contribution in [3.05, 3.63) is 34.0 Å². The Kier molecular flexibility index (Phi) is 2.85. The number of halogens is 1. The third kappa shape index (κ3) is 1.94. The van der Waals surface area contributed by atoms with Gasteiger partial charge in [-0.3, -0.25) is 0 Å². The fourth-order valence-corrected chi connectivity index (χ4v) is 2.30. The summed E-state index contributed by atoms with van der Waals surface area (Å²) in [5.41, 5.74) is 2.16. The quantitative estimate of drug-likeness (QED) is 0.896. The number of rotatable bonds is 2. The highest BCUT2D eigenvalue weighted by molar-refractivity contribution is 9.10. The lowest BCUT2D eigenvalue weighted by atomic mass is 10.1. The first-order valence-electron chi connectivity index (χ1n) is 4.98. The van der Waals surface area contributed by atoms with Gasteiger partial charge in [-0.15, -0.1) is 0 Å². The predicted molar refractivity (Wildman–Crippen MR) is 66.1 cm³/mol. The zero-order valence-corrected chi connectivity index (χ0v) is 10.7. The second-order valence-electron chi connectivity index (χ2n) is 3.82. The van der Waals surface area contributed by atoms with Crippen molar-refractivity contribution < 1.29 is 4.42 Å². The van der Waals surface area contributed by atoms with Crippen LogP contribution in [0.2, 0.25) is 0 Å². The Morgan fingerprint density at radius 1 is 1.33 bits per heavy atom. The number of hydrogen-bond donors (Lipinski definition) is 1. The van der Waals surface area contributed by atoms with Crippen molar-refractivity contribution in [2.45, 2.75) is 19.9 Å². The van der Waals surface area contributed by atoms with E-state index in [-0.39, 0.29) is 6.04 Å². The molecule has 0 fully saturated rings. The van der Waals surface area contributed by atoms with Gasteiger partial charge in [0.05, 0.1) is 10.5 Å². The Hall–Kier alpha value is -0.800. The van der Waals surface area contributed by atoms with Gasteiger partial charge in [0.1, 0.15) is 11.3 Å². The summed E-state index contributed by atoms with van der Waals surface area (Å²) in [4.78, 5) is 0. The van der Waals surface area contributed by atoms with E-state index in [2.05, 4.69) is 53.3 Å². The molecule has 0 saturated carbocycles. The smallest absolute Gasteiger partial charge is 0.148 e. The van der Waals surface area contributed by atoms with Gasteiger partial charge in [-0.25, -0.2) is 0 Å². The van der Waals surface area contributed by atoms with Gasteiger partial charge in [0.15, 0.2) is 0 Å². The Morgan fingerprint density at radius 2 is 2.07 bits per heavy atom. The van der Waals surface area contributed by atoms with Gasteiger partial charge >= 0.3 is 0 Å². The van der Waals surface area contributed by atoms with Crippen LogP contribution in [0.25, 0.3) is 11.0 Å². The van der Waals surface area contributed by atoms with Gasteiger partial charge in [-0.05, 0) is 60.6 Å². The molecular weight excluding hydrogens is 254 g/mol. The molecule has 1 N–H and O–H groups in total. The van der Waals surface area contributed by atoms with Gasteiger partial charge in [0.2, 0.25) is 0 Å². The third-order valence-electron chi connectivity index (χ3n) is 2.59.